The van der Waals surface area contributed by atoms with Gasteiger partial charge in [0, 0.05) is 16.2 Å². The normalized spacial score (nSPS) is 10.7. The fourth-order valence-electron chi connectivity index (χ4n) is 1.50. The van der Waals surface area contributed by atoms with E-state index < -0.39 is 4.92 Å². The standard InChI is InChI=1S/C13H11BrN4O2/c1-9-2-7-12(18(19)20)13(16-9)17-15-8-10-3-5-11(14)6-4-10/h2-8H,1H3,(H,16,17)/b15-8-. The number of nitrogens with zero attached hydrogens (tertiary/aromatic N) is 3. The molecule has 0 spiro atoms. The molecule has 2 aromatic rings. The summed E-state index contributed by atoms with van der Waals surface area (Å²) in [5, 5.41) is 14.8. The average Bonchev–Trinajstić information content (AvgIpc) is 2.41. The van der Waals surface area contributed by atoms with Crippen LogP contribution in [0.1, 0.15) is 11.3 Å². The molecule has 20 heavy (non-hydrogen) atoms. The van der Waals surface area contributed by atoms with E-state index in [0.29, 0.717) is 5.69 Å². The molecule has 0 aliphatic rings. The zero-order chi connectivity index (χ0) is 14.5. The summed E-state index contributed by atoms with van der Waals surface area (Å²) in [7, 11) is 0. The van der Waals surface area contributed by atoms with Crippen LogP contribution in [0.2, 0.25) is 0 Å². The number of halogens is 1. The molecule has 0 aliphatic heterocycles. The largest absolute Gasteiger partial charge is 0.313 e. The first-order valence-corrected chi connectivity index (χ1v) is 6.52. The third-order valence-electron chi connectivity index (χ3n) is 2.46. The number of pyridine rings is 1. The van der Waals surface area contributed by atoms with Crippen molar-refractivity contribution in [1.29, 1.82) is 0 Å². The lowest BCUT2D eigenvalue weighted by Crippen LogP contribution is -2.00. The van der Waals surface area contributed by atoms with Crippen LogP contribution in [0.25, 0.3) is 0 Å². The Hall–Kier alpha value is -2.28. The summed E-state index contributed by atoms with van der Waals surface area (Å²) < 4.78 is 0.971. The van der Waals surface area contributed by atoms with Gasteiger partial charge in [0.05, 0.1) is 11.1 Å². The Morgan fingerprint density at radius 2 is 2.00 bits per heavy atom. The Bertz CT molecular complexity index is 656. The number of benzene rings is 1. The van der Waals surface area contributed by atoms with Gasteiger partial charge in [0.15, 0.2) is 0 Å². The van der Waals surface area contributed by atoms with Crippen LogP contribution in [0.15, 0.2) is 46.0 Å². The molecular weight excluding hydrogens is 324 g/mol. The molecular formula is C13H11BrN4O2. The van der Waals surface area contributed by atoms with Gasteiger partial charge in [-0.1, -0.05) is 28.1 Å². The van der Waals surface area contributed by atoms with Crippen LogP contribution in [0.5, 0.6) is 0 Å². The second kappa shape index (κ2) is 6.25. The first-order chi connectivity index (χ1) is 9.56. The summed E-state index contributed by atoms with van der Waals surface area (Å²) in [6, 6.07) is 10.5. The number of hydrogen-bond acceptors (Lipinski definition) is 5. The monoisotopic (exact) mass is 334 g/mol. The molecule has 1 heterocycles. The number of aryl methyl sites for hydroxylation is 1. The van der Waals surface area contributed by atoms with Gasteiger partial charge in [-0.05, 0) is 30.7 Å². The van der Waals surface area contributed by atoms with E-state index in [4.69, 9.17) is 0 Å². The van der Waals surface area contributed by atoms with Gasteiger partial charge < -0.3 is 0 Å². The van der Waals surface area contributed by atoms with Crippen LogP contribution in [-0.2, 0) is 0 Å². The minimum absolute atomic E-state index is 0.108. The van der Waals surface area contributed by atoms with E-state index in [1.807, 2.05) is 24.3 Å². The summed E-state index contributed by atoms with van der Waals surface area (Å²) in [6.07, 6.45) is 1.57. The molecule has 0 saturated carbocycles. The second-order valence-electron chi connectivity index (χ2n) is 4.00. The second-order valence-corrected chi connectivity index (χ2v) is 4.91. The third kappa shape index (κ3) is 3.61. The first kappa shape index (κ1) is 14.1. The summed E-state index contributed by atoms with van der Waals surface area (Å²) >= 11 is 3.34. The molecule has 0 aliphatic carbocycles. The fraction of sp³-hybridized carbons (Fsp3) is 0.0769. The molecule has 1 aromatic heterocycles. The van der Waals surface area contributed by atoms with Gasteiger partial charge in [-0.2, -0.15) is 5.10 Å². The van der Waals surface area contributed by atoms with E-state index in [1.165, 1.54) is 6.07 Å². The molecule has 102 valence electrons. The van der Waals surface area contributed by atoms with E-state index >= 15 is 0 Å². The number of rotatable bonds is 4. The summed E-state index contributed by atoms with van der Waals surface area (Å²) in [6.45, 7) is 1.76. The van der Waals surface area contributed by atoms with Gasteiger partial charge in [-0.3, -0.25) is 15.5 Å². The molecule has 0 bridgehead atoms. The van der Waals surface area contributed by atoms with Gasteiger partial charge in [-0.25, -0.2) is 4.98 Å². The van der Waals surface area contributed by atoms with Crippen LogP contribution in [0, 0.1) is 17.0 Å². The van der Waals surface area contributed by atoms with Gasteiger partial charge in [0.25, 0.3) is 0 Å². The van der Waals surface area contributed by atoms with Crippen LogP contribution < -0.4 is 5.43 Å². The first-order valence-electron chi connectivity index (χ1n) is 5.73. The smallest absolute Gasteiger partial charge is 0.258 e. The quantitative estimate of drug-likeness (QED) is 0.527. The topological polar surface area (TPSA) is 80.4 Å². The van der Waals surface area contributed by atoms with E-state index in [9.17, 15) is 10.1 Å². The van der Waals surface area contributed by atoms with Crippen molar-refractivity contribution < 1.29 is 4.92 Å². The number of aromatic nitrogens is 1. The lowest BCUT2D eigenvalue weighted by molar-refractivity contribution is -0.384. The highest BCUT2D eigenvalue weighted by atomic mass is 79.9. The highest BCUT2D eigenvalue weighted by Crippen LogP contribution is 2.21. The number of hydrazone groups is 1. The minimum atomic E-state index is -0.496. The Balaban J connectivity index is 2.16. The summed E-state index contributed by atoms with van der Waals surface area (Å²) in [4.78, 5) is 14.4. The molecule has 1 aromatic carbocycles. The highest BCUT2D eigenvalue weighted by molar-refractivity contribution is 9.10. The van der Waals surface area contributed by atoms with Crippen molar-refractivity contribution in [2.45, 2.75) is 6.92 Å². The van der Waals surface area contributed by atoms with Crippen LogP contribution >= 0.6 is 15.9 Å². The van der Waals surface area contributed by atoms with Crippen molar-refractivity contribution in [2.24, 2.45) is 5.10 Å². The summed E-state index contributed by atoms with van der Waals surface area (Å²) in [5.41, 5.74) is 4.04. The van der Waals surface area contributed by atoms with Gasteiger partial charge in [0.1, 0.15) is 0 Å². The molecule has 0 fully saturated rings. The van der Waals surface area contributed by atoms with Crippen LogP contribution in [-0.4, -0.2) is 16.1 Å². The van der Waals surface area contributed by atoms with Crippen LogP contribution in [0.4, 0.5) is 11.5 Å². The third-order valence-corrected chi connectivity index (χ3v) is 2.99. The van der Waals surface area contributed by atoms with Crippen molar-refractivity contribution in [3.05, 3.63) is 62.2 Å². The van der Waals surface area contributed by atoms with Gasteiger partial charge >= 0.3 is 5.69 Å². The Kier molecular flexibility index (Phi) is 4.41. The van der Waals surface area contributed by atoms with Gasteiger partial charge in [-0.15, -0.1) is 0 Å². The van der Waals surface area contributed by atoms with Crippen molar-refractivity contribution >= 4 is 33.6 Å². The maximum atomic E-state index is 10.9. The molecule has 0 amide bonds. The number of nitro groups is 1. The molecule has 2 rings (SSSR count). The number of nitrogens with one attached hydrogen (secondary N) is 1. The summed E-state index contributed by atoms with van der Waals surface area (Å²) in [5.74, 6) is 0.128. The van der Waals surface area contributed by atoms with Crippen molar-refractivity contribution in [2.75, 3.05) is 5.43 Å². The van der Waals surface area contributed by atoms with E-state index in [-0.39, 0.29) is 11.5 Å². The molecule has 6 nitrogen and oxygen atoms in total. The van der Waals surface area contributed by atoms with E-state index in [1.54, 1.807) is 19.2 Å². The molecule has 0 atom stereocenters. The minimum Gasteiger partial charge on any atom is -0.258 e. The van der Waals surface area contributed by atoms with Crippen molar-refractivity contribution in [3.63, 3.8) is 0 Å². The zero-order valence-electron chi connectivity index (χ0n) is 10.6. The van der Waals surface area contributed by atoms with E-state index in [2.05, 4.69) is 31.4 Å². The lowest BCUT2D eigenvalue weighted by atomic mass is 10.2. The highest BCUT2D eigenvalue weighted by Gasteiger charge is 2.14. The molecule has 0 saturated heterocycles. The molecule has 0 radical (unpaired) electrons. The SMILES string of the molecule is Cc1ccc([N+](=O)[O-])c(N/N=C\c2ccc(Br)cc2)n1. The molecule has 0 unspecified atom stereocenters. The Morgan fingerprint density at radius 3 is 2.65 bits per heavy atom. The van der Waals surface area contributed by atoms with Crippen LogP contribution in [0.3, 0.4) is 0 Å². The Morgan fingerprint density at radius 1 is 1.30 bits per heavy atom. The van der Waals surface area contributed by atoms with Gasteiger partial charge in [0.2, 0.25) is 5.82 Å². The maximum absolute atomic E-state index is 10.9. The average molecular weight is 335 g/mol. The number of hydrogen-bond donors (Lipinski definition) is 1. The Labute approximate surface area is 123 Å². The predicted molar refractivity (Wildman–Crippen MR) is 81.0 cm³/mol. The zero-order valence-corrected chi connectivity index (χ0v) is 12.2. The maximum Gasteiger partial charge on any atom is 0.313 e. The molecule has 1 N–H and O–H groups in total. The fourth-order valence-corrected chi connectivity index (χ4v) is 1.76. The lowest BCUT2D eigenvalue weighted by Gasteiger charge is -2.02. The van der Waals surface area contributed by atoms with E-state index in [0.717, 1.165) is 10.0 Å². The number of anilines is 1. The van der Waals surface area contributed by atoms with Crippen molar-refractivity contribution in [1.82, 2.24) is 4.98 Å². The molecule has 7 heteroatoms. The van der Waals surface area contributed by atoms with Crippen molar-refractivity contribution in [3.8, 4) is 0 Å². The predicted octanol–water partition coefficient (Wildman–Crippen LogP) is 3.51.